The molecule has 0 bridgehead atoms. The van der Waals surface area contributed by atoms with Crippen LogP contribution >= 0.6 is 23.2 Å². The van der Waals surface area contributed by atoms with Gasteiger partial charge in [0.25, 0.3) is 5.91 Å². The molecule has 3 aromatic carbocycles. The van der Waals surface area contributed by atoms with Crippen molar-refractivity contribution in [3.8, 4) is 6.07 Å². The Bertz CT molecular complexity index is 1420. The molecule has 1 amide bonds. The number of carbonyl (C=O) groups is 2. The fraction of sp³-hybridized carbons (Fsp3) is 0.222. The zero-order valence-corrected chi connectivity index (χ0v) is 20.7. The van der Waals surface area contributed by atoms with Gasteiger partial charge in [-0.3, -0.25) is 4.79 Å². The van der Waals surface area contributed by atoms with Crippen LogP contribution in [0.15, 0.2) is 60.7 Å². The molecule has 1 N–H and O–H groups in total. The van der Waals surface area contributed by atoms with Gasteiger partial charge in [-0.1, -0.05) is 59.1 Å². The van der Waals surface area contributed by atoms with Crippen molar-refractivity contribution in [1.82, 2.24) is 4.90 Å². The number of halogens is 4. The van der Waals surface area contributed by atoms with Crippen LogP contribution in [-0.2, 0) is 10.2 Å². The van der Waals surface area contributed by atoms with E-state index >= 15 is 8.78 Å². The summed E-state index contributed by atoms with van der Waals surface area (Å²) in [5.41, 5.74) is -1.46. The van der Waals surface area contributed by atoms with Gasteiger partial charge >= 0.3 is 5.97 Å². The summed E-state index contributed by atoms with van der Waals surface area (Å²) >= 11 is 12.0. The van der Waals surface area contributed by atoms with Crippen LogP contribution in [0.1, 0.15) is 39.9 Å². The zero-order chi connectivity index (χ0) is 26.4. The van der Waals surface area contributed by atoms with Gasteiger partial charge in [0, 0.05) is 22.1 Å². The Hall–Kier alpha value is -3.47. The predicted octanol–water partition coefficient (Wildman–Crippen LogP) is 6.12. The Kier molecular flexibility index (Phi) is 6.78. The number of nitriles is 1. The minimum absolute atomic E-state index is 0.0583. The number of aliphatic carboxylic acids is 1. The van der Waals surface area contributed by atoms with Crippen molar-refractivity contribution < 1.29 is 23.5 Å². The number of nitrogens with zero attached hydrogens (tertiary/aromatic N) is 2. The van der Waals surface area contributed by atoms with Crippen molar-refractivity contribution >= 4 is 35.1 Å². The van der Waals surface area contributed by atoms with E-state index in [9.17, 15) is 20.0 Å². The smallest absolute Gasteiger partial charge is 0.327 e. The third kappa shape index (κ3) is 3.91. The molecule has 1 aliphatic heterocycles. The average Bonchev–Trinajstić information content (AvgIpc) is 3.09. The van der Waals surface area contributed by atoms with Crippen LogP contribution in [0.25, 0.3) is 0 Å². The maximum atomic E-state index is 15.4. The molecule has 4 rings (SSSR count). The predicted molar refractivity (Wildman–Crippen MR) is 131 cm³/mol. The monoisotopic (exact) mass is 528 g/mol. The van der Waals surface area contributed by atoms with Gasteiger partial charge < -0.3 is 10.0 Å². The van der Waals surface area contributed by atoms with Crippen LogP contribution < -0.4 is 0 Å². The van der Waals surface area contributed by atoms with Gasteiger partial charge in [0.15, 0.2) is 0 Å². The minimum Gasteiger partial charge on any atom is -0.480 e. The minimum atomic E-state index is -2.00. The van der Waals surface area contributed by atoms with Gasteiger partial charge in [0.05, 0.1) is 17.1 Å². The van der Waals surface area contributed by atoms with E-state index < -0.39 is 46.9 Å². The first-order valence-corrected chi connectivity index (χ1v) is 11.7. The normalized spacial score (nSPS) is 23.4. The molecule has 0 aromatic heterocycles. The van der Waals surface area contributed by atoms with E-state index in [0.29, 0.717) is 0 Å². The van der Waals surface area contributed by atoms with Crippen LogP contribution in [0.3, 0.4) is 0 Å². The first kappa shape index (κ1) is 25.6. The van der Waals surface area contributed by atoms with Crippen molar-refractivity contribution in [2.75, 3.05) is 0 Å². The summed E-state index contributed by atoms with van der Waals surface area (Å²) < 4.78 is 30.8. The lowest BCUT2D eigenvalue weighted by atomic mass is 9.65. The van der Waals surface area contributed by atoms with E-state index in [1.165, 1.54) is 43.3 Å². The third-order valence-electron chi connectivity index (χ3n) is 6.81. The SMILES string of the molecule is Cc1cccc(C(=O)N2[C@@H](C)[C@](C#N)(c3ccc(Cl)cc3F)[C@@H](c3cccc(Cl)c3F)[C@@H]2C(=O)O)c1. The van der Waals surface area contributed by atoms with Gasteiger partial charge in [-0.05, 0) is 49.7 Å². The quantitative estimate of drug-likeness (QED) is 0.442. The van der Waals surface area contributed by atoms with E-state index in [-0.39, 0.29) is 26.7 Å². The summed E-state index contributed by atoms with van der Waals surface area (Å²) in [4.78, 5) is 27.5. The zero-order valence-electron chi connectivity index (χ0n) is 19.2. The Labute approximate surface area is 216 Å². The summed E-state index contributed by atoms with van der Waals surface area (Å²) in [6.07, 6.45) is 0. The van der Waals surface area contributed by atoms with Crippen molar-refractivity contribution in [1.29, 1.82) is 5.26 Å². The highest BCUT2D eigenvalue weighted by Gasteiger charge is 2.64. The van der Waals surface area contributed by atoms with Crippen LogP contribution in [0.2, 0.25) is 10.0 Å². The molecule has 3 aromatic rings. The van der Waals surface area contributed by atoms with Crippen molar-refractivity contribution in [2.45, 2.75) is 37.3 Å². The van der Waals surface area contributed by atoms with Gasteiger partial charge in [0.2, 0.25) is 0 Å². The molecule has 1 fully saturated rings. The first-order valence-electron chi connectivity index (χ1n) is 11.0. The molecule has 0 aliphatic carbocycles. The molecular formula is C27H20Cl2F2N2O3. The maximum absolute atomic E-state index is 15.4. The van der Waals surface area contributed by atoms with E-state index in [0.717, 1.165) is 16.5 Å². The topological polar surface area (TPSA) is 81.4 Å². The fourth-order valence-electron chi connectivity index (χ4n) is 5.24. The lowest BCUT2D eigenvalue weighted by Crippen LogP contribution is -2.46. The molecule has 0 radical (unpaired) electrons. The second kappa shape index (κ2) is 9.53. The van der Waals surface area contributed by atoms with Crippen LogP contribution in [-0.4, -0.2) is 34.0 Å². The van der Waals surface area contributed by atoms with E-state index in [2.05, 4.69) is 6.07 Å². The molecule has 9 heteroatoms. The number of carboxylic acid groups (broad SMARTS) is 1. The van der Waals surface area contributed by atoms with E-state index in [1.54, 1.807) is 25.1 Å². The molecule has 0 spiro atoms. The first-order chi connectivity index (χ1) is 17.0. The number of carbonyl (C=O) groups excluding carboxylic acids is 1. The fourth-order valence-corrected chi connectivity index (χ4v) is 5.58. The number of likely N-dealkylation sites (tertiary alicyclic amines) is 1. The maximum Gasteiger partial charge on any atom is 0.327 e. The average molecular weight is 529 g/mol. The number of benzene rings is 3. The molecule has 4 atom stereocenters. The second-order valence-corrected chi connectivity index (χ2v) is 9.61. The van der Waals surface area contributed by atoms with Gasteiger partial charge in [-0.15, -0.1) is 0 Å². The summed E-state index contributed by atoms with van der Waals surface area (Å²) in [6.45, 7) is 3.23. The van der Waals surface area contributed by atoms with Gasteiger partial charge in [0.1, 0.15) is 23.1 Å². The molecule has 184 valence electrons. The number of amides is 1. The Morgan fingerprint density at radius 1 is 1.08 bits per heavy atom. The number of aryl methyl sites for hydroxylation is 1. The van der Waals surface area contributed by atoms with Gasteiger partial charge in [-0.25, -0.2) is 13.6 Å². The number of hydrogen-bond acceptors (Lipinski definition) is 3. The lowest BCUT2D eigenvalue weighted by Gasteiger charge is -2.34. The van der Waals surface area contributed by atoms with Crippen molar-refractivity contribution in [2.24, 2.45) is 0 Å². The summed E-state index contributed by atoms with van der Waals surface area (Å²) in [6, 6.07) is 13.3. The molecule has 5 nitrogen and oxygen atoms in total. The molecule has 1 aliphatic rings. The van der Waals surface area contributed by atoms with E-state index in [1.807, 2.05) is 0 Å². The Morgan fingerprint density at radius 2 is 1.78 bits per heavy atom. The highest BCUT2D eigenvalue weighted by atomic mass is 35.5. The molecule has 1 heterocycles. The standard InChI is InChI=1S/C27H20Cl2F2N2O3/c1-14-5-3-6-16(11-14)25(34)33-15(2)27(13-32,19-10-9-17(28)12-21(19)30)22(24(33)26(35)36)18-7-4-8-20(29)23(18)31/h3-12,15,22,24H,1-2H3,(H,35,36)/t15-,22-,24+,27+/m0/s1. The highest BCUT2D eigenvalue weighted by Crippen LogP contribution is 2.54. The number of rotatable bonds is 4. The van der Waals surface area contributed by atoms with E-state index in [4.69, 9.17) is 23.2 Å². The summed E-state index contributed by atoms with van der Waals surface area (Å²) in [7, 11) is 0. The highest BCUT2D eigenvalue weighted by molar-refractivity contribution is 6.31. The van der Waals surface area contributed by atoms with Gasteiger partial charge in [-0.2, -0.15) is 5.26 Å². The molecular weight excluding hydrogens is 509 g/mol. The van der Waals surface area contributed by atoms with Crippen molar-refractivity contribution in [3.63, 3.8) is 0 Å². The van der Waals surface area contributed by atoms with Crippen LogP contribution in [0.4, 0.5) is 8.78 Å². The molecule has 0 saturated carbocycles. The summed E-state index contributed by atoms with van der Waals surface area (Å²) in [5, 5.41) is 20.7. The van der Waals surface area contributed by atoms with Crippen molar-refractivity contribution in [3.05, 3.63) is 105 Å². The Balaban J connectivity index is 2.07. The lowest BCUT2D eigenvalue weighted by molar-refractivity contribution is -0.142. The number of carboxylic acids is 1. The number of hydrogen-bond donors (Lipinski definition) is 1. The molecule has 0 unspecified atom stereocenters. The second-order valence-electron chi connectivity index (χ2n) is 8.77. The molecule has 36 heavy (non-hydrogen) atoms. The Morgan fingerprint density at radius 3 is 2.39 bits per heavy atom. The van der Waals surface area contributed by atoms with Crippen LogP contribution in [0, 0.1) is 29.9 Å². The molecule has 1 saturated heterocycles. The summed E-state index contributed by atoms with van der Waals surface area (Å²) in [5.74, 6) is -5.48. The largest absolute Gasteiger partial charge is 0.480 e. The third-order valence-corrected chi connectivity index (χ3v) is 7.34. The van der Waals surface area contributed by atoms with Crippen LogP contribution in [0.5, 0.6) is 0 Å².